The maximum Gasteiger partial charge on any atom is 0.414 e. The number of carbonyl (C=O) groups is 1. The van der Waals surface area contributed by atoms with Crippen molar-refractivity contribution in [2.24, 2.45) is 5.92 Å². The second-order valence-corrected chi connectivity index (χ2v) is 9.61. The fraction of sp³-hybridized carbons (Fsp3) is 0.565. The normalized spacial score (nSPS) is 23.5. The van der Waals surface area contributed by atoms with Gasteiger partial charge in [0.25, 0.3) is 0 Å². The Bertz CT molecular complexity index is 940. The molecule has 2 atom stereocenters. The second-order valence-electron chi connectivity index (χ2n) is 9.61. The molecule has 0 radical (unpaired) electrons. The van der Waals surface area contributed by atoms with Crippen LogP contribution in [0, 0.1) is 5.92 Å². The van der Waals surface area contributed by atoms with Gasteiger partial charge in [0.1, 0.15) is 5.60 Å². The summed E-state index contributed by atoms with van der Waals surface area (Å²) in [5, 5.41) is 5.99. The number of hydrogen-bond donors (Lipinski definition) is 0. The third-order valence-electron chi connectivity index (χ3n) is 5.67. The summed E-state index contributed by atoms with van der Waals surface area (Å²) in [4.78, 5) is 17.0. The number of nitrogens with zero attached hydrogens (tertiary/aromatic N) is 4. The highest BCUT2D eigenvalue weighted by Crippen LogP contribution is 2.31. The van der Waals surface area contributed by atoms with Gasteiger partial charge in [0.2, 0.25) is 0 Å². The zero-order valence-electron chi connectivity index (χ0n) is 18.2. The van der Waals surface area contributed by atoms with Crippen LogP contribution >= 0.6 is 0 Å². The lowest BCUT2D eigenvalue weighted by atomic mass is 9.98. The van der Waals surface area contributed by atoms with E-state index in [2.05, 4.69) is 54.0 Å². The highest BCUT2D eigenvalue weighted by molar-refractivity contribution is 5.87. The zero-order chi connectivity index (χ0) is 20.8. The molecule has 2 aliphatic heterocycles. The van der Waals surface area contributed by atoms with E-state index >= 15 is 0 Å². The molecule has 0 N–H and O–H groups in total. The van der Waals surface area contributed by atoms with E-state index in [1.165, 1.54) is 0 Å². The lowest BCUT2D eigenvalue weighted by molar-refractivity contribution is 0.0327. The van der Waals surface area contributed by atoms with Gasteiger partial charge in [-0.3, -0.25) is 9.58 Å². The van der Waals surface area contributed by atoms with E-state index in [-0.39, 0.29) is 6.09 Å². The number of hydrogen-bond acceptors (Lipinski definition) is 4. The minimum Gasteiger partial charge on any atom is -0.443 e. The summed E-state index contributed by atoms with van der Waals surface area (Å²) >= 11 is 0. The monoisotopic (exact) mass is 396 g/mol. The number of amides is 1. The maximum absolute atomic E-state index is 12.9. The van der Waals surface area contributed by atoms with Crippen molar-refractivity contribution >= 4 is 22.7 Å². The Balaban J connectivity index is 1.63. The summed E-state index contributed by atoms with van der Waals surface area (Å²) in [5.74, 6) is 0.411. The fourth-order valence-corrected chi connectivity index (χ4v) is 4.18. The van der Waals surface area contributed by atoms with Gasteiger partial charge in [-0.05, 0) is 59.2 Å². The highest BCUT2D eigenvalue weighted by Gasteiger charge is 2.29. The van der Waals surface area contributed by atoms with Gasteiger partial charge >= 0.3 is 6.09 Å². The molecule has 0 unspecified atom stereocenters. The highest BCUT2D eigenvalue weighted by atomic mass is 16.6. The minimum absolute atomic E-state index is 0.282. The van der Waals surface area contributed by atoms with Crippen LogP contribution in [0.15, 0.2) is 30.5 Å². The van der Waals surface area contributed by atoms with Crippen molar-refractivity contribution in [2.45, 2.75) is 52.2 Å². The van der Waals surface area contributed by atoms with Gasteiger partial charge in [-0.15, -0.1) is 0 Å². The van der Waals surface area contributed by atoms with E-state index in [4.69, 9.17) is 9.84 Å². The van der Waals surface area contributed by atoms with Crippen LogP contribution in [-0.4, -0.2) is 58.0 Å². The van der Waals surface area contributed by atoms with Gasteiger partial charge in [-0.2, -0.15) is 5.10 Å². The van der Waals surface area contributed by atoms with Crippen LogP contribution in [0.2, 0.25) is 0 Å². The molecule has 4 rings (SSSR count). The quantitative estimate of drug-likeness (QED) is 0.748. The molecule has 29 heavy (non-hydrogen) atoms. The molecule has 1 fully saturated rings. The predicted molar refractivity (Wildman–Crippen MR) is 116 cm³/mol. The molecule has 2 aliphatic rings. The average Bonchev–Trinajstić information content (AvgIpc) is 3.25. The summed E-state index contributed by atoms with van der Waals surface area (Å²) < 4.78 is 7.78. The molecule has 6 nitrogen and oxygen atoms in total. The summed E-state index contributed by atoms with van der Waals surface area (Å²) in [6.07, 6.45) is 6.10. The van der Waals surface area contributed by atoms with Crippen LogP contribution in [0.25, 0.3) is 16.6 Å². The molecule has 1 aromatic heterocycles. The van der Waals surface area contributed by atoms with E-state index in [9.17, 15) is 4.79 Å². The van der Waals surface area contributed by atoms with Gasteiger partial charge in [-0.1, -0.05) is 25.1 Å². The summed E-state index contributed by atoms with van der Waals surface area (Å²) in [6, 6.07) is 6.74. The minimum atomic E-state index is -0.514. The Hall–Kier alpha value is -2.34. The topological polar surface area (TPSA) is 50.6 Å². The molecule has 0 aliphatic carbocycles. The lowest BCUT2D eigenvalue weighted by Crippen LogP contribution is -2.39. The van der Waals surface area contributed by atoms with Crippen LogP contribution in [0.3, 0.4) is 0 Å². The van der Waals surface area contributed by atoms with Gasteiger partial charge in [-0.25, -0.2) is 4.79 Å². The van der Waals surface area contributed by atoms with Gasteiger partial charge in [0.05, 0.1) is 17.3 Å². The van der Waals surface area contributed by atoms with E-state index in [0.29, 0.717) is 18.5 Å². The van der Waals surface area contributed by atoms with E-state index in [1.807, 2.05) is 20.8 Å². The lowest BCUT2D eigenvalue weighted by Gasteiger charge is -2.33. The first kappa shape index (κ1) is 20.0. The molecular formula is C23H32N4O2. The number of benzene rings is 1. The molecule has 1 saturated heterocycles. The zero-order valence-corrected chi connectivity index (χ0v) is 18.2. The third-order valence-corrected chi connectivity index (χ3v) is 5.67. The SMILES string of the molecule is C[C@H]1CC=C(c2ccc3cn([C@@H]4CCN(C)C4)nc3c2)N(C(=O)OC(C)(C)C)C1. The number of likely N-dealkylation sites (tertiary alicyclic amines) is 1. The Morgan fingerprint density at radius 2 is 2.03 bits per heavy atom. The van der Waals surface area contributed by atoms with Crippen LogP contribution in [-0.2, 0) is 4.74 Å². The van der Waals surface area contributed by atoms with Crippen molar-refractivity contribution in [3.63, 3.8) is 0 Å². The smallest absolute Gasteiger partial charge is 0.414 e. The molecule has 0 bridgehead atoms. The van der Waals surface area contributed by atoms with Gasteiger partial charge in [0.15, 0.2) is 0 Å². The first-order chi connectivity index (χ1) is 13.7. The van der Waals surface area contributed by atoms with E-state index in [1.54, 1.807) is 4.90 Å². The molecule has 0 spiro atoms. The standard InChI is InChI=1S/C23H32N4O2/c1-16-6-9-21(26(13-16)22(28)29-23(2,3)4)17-7-8-18-14-27(24-20(18)12-17)19-10-11-25(5)15-19/h7-9,12,14,16,19H,6,10-11,13,15H2,1-5H3/t16-,19+/m0/s1. The Kier molecular flexibility index (Phi) is 5.15. The first-order valence-corrected chi connectivity index (χ1v) is 10.6. The Morgan fingerprint density at radius 3 is 2.72 bits per heavy atom. The average molecular weight is 397 g/mol. The van der Waals surface area contributed by atoms with Crippen LogP contribution in [0.4, 0.5) is 4.79 Å². The van der Waals surface area contributed by atoms with Crippen molar-refractivity contribution in [1.82, 2.24) is 19.6 Å². The van der Waals surface area contributed by atoms with Gasteiger partial charge < -0.3 is 9.64 Å². The number of carbonyl (C=O) groups excluding carboxylic acids is 1. The molecule has 6 heteroatoms. The number of aromatic nitrogens is 2. The van der Waals surface area contributed by atoms with Crippen molar-refractivity contribution in [2.75, 3.05) is 26.7 Å². The largest absolute Gasteiger partial charge is 0.443 e. The second kappa shape index (κ2) is 7.48. The Morgan fingerprint density at radius 1 is 1.24 bits per heavy atom. The fourth-order valence-electron chi connectivity index (χ4n) is 4.18. The summed E-state index contributed by atoms with van der Waals surface area (Å²) in [5.41, 5.74) is 2.40. The molecule has 1 aromatic carbocycles. The maximum atomic E-state index is 12.9. The molecular weight excluding hydrogens is 364 g/mol. The van der Waals surface area contributed by atoms with Gasteiger partial charge in [0, 0.05) is 30.2 Å². The van der Waals surface area contributed by atoms with Crippen LogP contribution < -0.4 is 0 Å². The van der Waals surface area contributed by atoms with Crippen molar-refractivity contribution in [3.05, 3.63) is 36.0 Å². The van der Waals surface area contributed by atoms with Crippen LogP contribution in [0.5, 0.6) is 0 Å². The number of fused-ring (bicyclic) bond motifs is 1. The van der Waals surface area contributed by atoms with Crippen LogP contribution in [0.1, 0.15) is 52.1 Å². The van der Waals surface area contributed by atoms with Crippen molar-refractivity contribution < 1.29 is 9.53 Å². The molecule has 0 saturated carbocycles. The predicted octanol–water partition coefficient (Wildman–Crippen LogP) is 4.53. The van der Waals surface area contributed by atoms with Crippen molar-refractivity contribution in [3.8, 4) is 0 Å². The third kappa shape index (κ3) is 4.32. The molecule has 156 valence electrons. The first-order valence-electron chi connectivity index (χ1n) is 10.6. The summed E-state index contributed by atoms with van der Waals surface area (Å²) in [7, 11) is 2.16. The number of allylic oxidation sites excluding steroid dienone is 1. The molecule has 2 aromatic rings. The van der Waals surface area contributed by atoms with Crippen molar-refractivity contribution in [1.29, 1.82) is 0 Å². The number of likely N-dealkylation sites (N-methyl/N-ethyl adjacent to an activating group) is 1. The van der Waals surface area contributed by atoms with E-state index in [0.717, 1.165) is 48.1 Å². The molecule has 1 amide bonds. The molecule has 3 heterocycles. The number of rotatable bonds is 2. The Labute approximate surface area is 173 Å². The summed E-state index contributed by atoms with van der Waals surface area (Å²) in [6.45, 7) is 10.7. The number of ether oxygens (including phenoxy) is 1. The van der Waals surface area contributed by atoms with E-state index < -0.39 is 5.60 Å².